The van der Waals surface area contributed by atoms with Gasteiger partial charge >= 0.3 is 5.97 Å². The second kappa shape index (κ2) is 13.7. The minimum atomic E-state index is -1.12. The van der Waals surface area contributed by atoms with Crippen molar-refractivity contribution in [2.24, 2.45) is 5.73 Å². The fourth-order valence-corrected chi connectivity index (χ4v) is 6.15. The number of hydrogen-bond donors (Lipinski definition) is 2. The Bertz CT molecular complexity index is 1870. The molecule has 6 rings (SSSR count). The van der Waals surface area contributed by atoms with Crippen molar-refractivity contribution in [3.8, 4) is 22.6 Å². The Balaban J connectivity index is 1.16. The summed E-state index contributed by atoms with van der Waals surface area (Å²) in [6, 6.07) is 16.4. The van der Waals surface area contributed by atoms with Gasteiger partial charge in [-0.3, -0.25) is 9.48 Å². The highest BCUT2D eigenvalue weighted by Gasteiger charge is 2.41. The maximum Gasteiger partial charge on any atom is 0.326 e. The van der Waals surface area contributed by atoms with E-state index in [1.54, 1.807) is 0 Å². The van der Waals surface area contributed by atoms with Crippen LogP contribution in [0.25, 0.3) is 27.7 Å². The molecule has 0 spiro atoms. The van der Waals surface area contributed by atoms with Crippen LogP contribution in [-0.4, -0.2) is 66.7 Å². The second-order valence-electron chi connectivity index (χ2n) is 11.4. The van der Waals surface area contributed by atoms with Gasteiger partial charge in [-0.2, -0.15) is 10.2 Å². The number of carbonyl (C=O) groups is 2. The molecule has 3 heterocycles. The molecule has 1 amide bonds. The Hall–Kier alpha value is -4.74. The topological polar surface area (TPSA) is 128 Å². The molecule has 3 aromatic carbocycles. The number of ether oxygens (including phenoxy) is 1. The number of rotatable bonds is 12. The number of hydrogen-bond acceptors (Lipinski definition) is 6. The predicted molar refractivity (Wildman–Crippen MR) is 173 cm³/mol. The molecule has 10 nitrogen and oxygen atoms in total. The smallest absolute Gasteiger partial charge is 0.326 e. The van der Waals surface area contributed by atoms with Crippen molar-refractivity contribution < 1.29 is 23.8 Å². The van der Waals surface area contributed by atoms with Crippen molar-refractivity contribution in [3.05, 3.63) is 95.7 Å². The third-order valence-electron chi connectivity index (χ3n) is 8.18. The number of amides is 1. The molecule has 0 bridgehead atoms. The largest absolute Gasteiger partial charge is 0.488 e. The molecule has 0 radical (unpaired) electrons. The number of benzene rings is 3. The molecule has 238 valence electrons. The SMILES string of the molecule is NCCCCCCn1cc2c(-c3cccc(O[C@H]4C[C@@H](C(=O)O)N(C(=O)c5cnn(-c6ccc(F)cc6Cl)c5)C4)c3)cccc2n1. The molecule has 1 aliphatic heterocycles. The lowest BCUT2D eigenvalue weighted by molar-refractivity contribution is -0.141. The monoisotopic (exact) mass is 644 g/mol. The summed E-state index contributed by atoms with van der Waals surface area (Å²) >= 11 is 6.16. The highest BCUT2D eigenvalue weighted by molar-refractivity contribution is 6.32. The van der Waals surface area contributed by atoms with E-state index in [-0.39, 0.29) is 23.6 Å². The van der Waals surface area contributed by atoms with Crippen molar-refractivity contribution in [3.63, 3.8) is 0 Å². The van der Waals surface area contributed by atoms with E-state index in [2.05, 4.69) is 11.3 Å². The first-order valence-electron chi connectivity index (χ1n) is 15.3. The van der Waals surface area contributed by atoms with Gasteiger partial charge in [-0.05, 0) is 66.9 Å². The van der Waals surface area contributed by atoms with E-state index in [1.165, 1.54) is 34.1 Å². The van der Waals surface area contributed by atoms with Gasteiger partial charge in [0.05, 0.1) is 34.5 Å². The zero-order chi connectivity index (χ0) is 32.2. The highest BCUT2D eigenvalue weighted by atomic mass is 35.5. The summed E-state index contributed by atoms with van der Waals surface area (Å²) in [5, 5.41) is 20.1. The zero-order valence-electron chi connectivity index (χ0n) is 25.1. The highest BCUT2D eigenvalue weighted by Crippen LogP contribution is 2.32. The molecule has 1 saturated heterocycles. The van der Waals surface area contributed by atoms with Gasteiger partial charge in [-0.25, -0.2) is 13.9 Å². The Kier molecular flexibility index (Phi) is 9.32. The number of halogens is 2. The number of nitrogens with zero attached hydrogens (tertiary/aromatic N) is 5. The summed E-state index contributed by atoms with van der Waals surface area (Å²) < 4.78 is 23.1. The minimum absolute atomic E-state index is 0.0795. The van der Waals surface area contributed by atoms with Gasteiger partial charge in [-0.15, -0.1) is 0 Å². The Labute approximate surface area is 270 Å². The average molecular weight is 645 g/mol. The summed E-state index contributed by atoms with van der Waals surface area (Å²) in [5.74, 6) is -1.54. The molecular weight excluding hydrogens is 611 g/mol. The summed E-state index contributed by atoms with van der Waals surface area (Å²) in [6.07, 6.45) is 8.74. The molecule has 2 aromatic heterocycles. The van der Waals surface area contributed by atoms with E-state index in [1.807, 2.05) is 47.1 Å². The van der Waals surface area contributed by atoms with E-state index < -0.39 is 29.8 Å². The van der Waals surface area contributed by atoms with Crippen LogP contribution in [0.2, 0.25) is 5.02 Å². The normalized spacial score (nSPS) is 16.3. The van der Waals surface area contributed by atoms with E-state index >= 15 is 0 Å². The number of carbonyl (C=O) groups excluding carboxylic acids is 1. The first-order chi connectivity index (χ1) is 22.3. The molecule has 3 N–H and O–H groups in total. The Morgan fingerprint density at radius 2 is 1.87 bits per heavy atom. The number of likely N-dealkylation sites (tertiary alicyclic amines) is 1. The van der Waals surface area contributed by atoms with Crippen LogP contribution in [0.1, 0.15) is 42.5 Å². The van der Waals surface area contributed by atoms with E-state index in [9.17, 15) is 19.1 Å². The predicted octanol–water partition coefficient (Wildman–Crippen LogP) is 5.95. The molecule has 2 atom stereocenters. The van der Waals surface area contributed by atoms with E-state index in [0.29, 0.717) is 11.4 Å². The molecular formula is C34H34ClFN6O4. The fourth-order valence-electron chi connectivity index (χ4n) is 5.90. The van der Waals surface area contributed by atoms with Crippen LogP contribution >= 0.6 is 11.6 Å². The molecule has 0 saturated carbocycles. The van der Waals surface area contributed by atoms with Gasteiger partial charge in [-0.1, -0.05) is 48.7 Å². The standard InChI is InChI=1S/C34H34ClFN6O4/c35-29-16-24(36)11-12-31(29)42-19-23(18-38-42)33(43)41-20-26(17-32(41)34(44)45)46-25-8-5-7-22(15-25)27-9-6-10-30-28(27)21-40(39-30)14-4-2-1-3-13-37/h5-12,15-16,18-19,21,26,32H,1-4,13-14,17,20,37H2,(H,44,45)/t26-,32-/m0/s1. The quantitative estimate of drug-likeness (QED) is 0.161. The average Bonchev–Trinajstić information content (AvgIpc) is 3.79. The maximum absolute atomic E-state index is 13.5. The molecule has 0 aliphatic carbocycles. The fraction of sp³-hybridized carbons (Fsp3) is 0.294. The third kappa shape index (κ3) is 6.75. The van der Waals surface area contributed by atoms with Gasteiger partial charge < -0.3 is 20.5 Å². The lowest BCUT2D eigenvalue weighted by Crippen LogP contribution is -2.40. The maximum atomic E-state index is 13.5. The van der Waals surface area contributed by atoms with Crippen molar-refractivity contribution in [2.75, 3.05) is 13.1 Å². The molecule has 46 heavy (non-hydrogen) atoms. The van der Waals surface area contributed by atoms with Gasteiger partial charge in [0.1, 0.15) is 23.7 Å². The summed E-state index contributed by atoms with van der Waals surface area (Å²) in [4.78, 5) is 26.9. The van der Waals surface area contributed by atoms with Crippen LogP contribution in [-0.2, 0) is 11.3 Å². The molecule has 0 unspecified atom stereocenters. The second-order valence-corrected chi connectivity index (χ2v) is 11.8. The van der Waals surface area contributed by atoms with Gasteiger partial charge in [0.15, 0.2) is 0 Å². The Morgan fingerprint density at radius 1 is 1.04 bits per heavy atom. The number of aliphatic carboxylic acids is 1. The van der Waals surface area contributed by atoms with Crippen LogP contribution in [0.15, 0.2) is 79.3 Å². The molecule has 5 aromatic rings. The number of unbranched alkanes of at least 4 members (excludes halogenated alkanes) is 3. The van der Waals surface area contributed by atoms with Crippen LogP contribution in [0.5, 0.6) is 5.75 Å². The van der Waals surface area contributed by atoms with Gasteiger partial charge in [0.2, 0.25) is 0 Å². The number of aryl methyl sites for hydroxylation is 1. The summed E-state index contributed by atoms with van der Waals surface area (Å²) in [6.45, 7) is 1.64. The first-order valence-corrected chi connectivity index (χ1v) is 15.7. The number of aromatic nitrogens is 4. The number of fused-ring (bicyclic) bond motifs is 1. The number of nitrogens with two attached hydrogens (primary N) is 1. The van der Waals surface area contributed by atoms with E-state index in [4.69, 9.17) is 27.2 Å². The molecule has 1 fully saturated rings. The van der Waals surface area contributed by atoms with Crippen LogP contribution in [0, 0.1) is 5.82 Å². The van der Waals surface area contributed by atoms with Crippen molar-refractivity contribution >= 4 is 34.4 Å². The number of carboxylic acids is 1. The van der Waals surface area contributed by atoms with E-state index in [0.717, 1.165) is 66.9 Å². The van der Waals surface area contributed by atoms with Crippen molar-refractivity contribution in [2.45, 2.75) is 50.8 Å². The first kappa shape index (κ1) is 31.3. The third-order valence-corrected chi connectivity index (χ3v) is 8.48. The van der Waals surface area contributed by atoms with Crippen molar-refractivity contribution in [1.29, 1.82) is 0 Å². The van der Waals surface area contributed by atoms with Crippen LogP contribution in [0.4, 0.5) is 4.39 Å². The summed E-state index contributed by atoms with van der Waals surface area (Å²) in [5.41, 5.74) is 9.04. The summed E-state index contributed by atoms with van der Waals surface area (Å²) in [7, 11) is 0. The Morgan fingerprint density at radius 3 is 2.67 bits per heavy atom. The van der Waals surface area contributed by atoms with Crippen LogP contribution < -0.4 is 10.5 Å². The van der Waals surface area contributed by atoms with Crippen molar-refractivity contribution in [1.82, 2.24) is 24.5 Å². The zero-order valence-corrected chi connectivity index (χ0v) is 25.8. The van der Waals surface area contributed by atoms with Crippen LogP contribution in [0.3, 0.4) is 0 Å². The molecule has 1 aliphatic rings. The number of carboxylic acid groups (broad SMARTS) is 1. The van der Waals surface area contributed by atoms with Gasteiger partial charge in [0.25, 0.3) is 5.91 Å². The lowest BCUT2D eigenvalue weighted by atomic mass is 10.0. The molecule has 12 heteroatoms. The van der Waals surface area contributed by atoms with Gasteiger partial charge in [0, 0.05) is 30.7 Å². The minimum Gasteiger partial charge on any atom is -0.488 e. The lowest BCUT2D eigenvalue weighted by Gasteiger charge is -2.20.